The second-order valence-corrected chi connectivity index (χ2v) is 8.29. The molecule has 1 aromatic heterocycles. The van der Waals surface area contributed by atoms with Gasteiger partial charge in [-0.15, -0.1) is 11.3 Å². The fourth-order valence-electron chi connectivity index (χ4n) is 3.53. The van der Waals surface area contributed by atoms with Crippen LogP contribution >= 0.6 is 11.3 Å². The summed E-state index contributed by atoms with van der Waals surface area (Å²) in [6.45, 7) is 4.94. The van der Waals surface area contributed by atoms with E-state index in [0.717, 1.165) is 16.9 Å². The summed E-state index contributed by atoms with van der Waals surface area (Å²) >= 11 is 1.04. The quantitative estimate of drug-likeness (QED) is 0.431. The van der Waals surface area contributed by atoms with E-state index in [9.17, 15) is 24.5 Å². The molecule has 1 heterocycles. The summed E-state index contributed by atoms with van der Waals surface area (Å²) in [5, 5.41) is 11.0. The highest BCUT2D eigenvalue weighted by atomic mass is 32.1. The molecule has 154 valence electrons. The lowest BCUT2D eigenvalue weighted by atomic mass is 9.76. The van der Waals surface area contributed by atoms with E-state index in [4.69, 9.17) is 5.73 Å². The lowest BCUT2D eigenvalue weighted by Crippen LogP contribution is -2.40. The number of ketones is 2. The van der Waals surface area contributed by atoms with Crippen LogP contribution in [0.5, 0.6) is 0 Å². The Kier molecular flexibility index (Phi) is 5.54. The van der Waals surface area contributed by atoms with E-state index in [1.165, 1.54) is 25.2 Å². The zero-order valence-electron chi connectivity index (χ0n) is 16.7. The minimum atomic E-state index is -1.43. The largest absolute Gasteiger partial charge is 0.369 e. The Morgan fingerprint density at radius 3 is 2.27 bits per heavy atom. The third kappa shape index (κ3) is 3.50. The van der Waals surface area contributed by atoms with Crippen LogP contribution in [0.2, 0.25) is 0 Å². The van der Waals surface area contributed by atoms with Crippen molar-refractivity contribution in [3.8, 4) is 0 Å². The van der Waals surface area contributed by atoms with Gasteiger partial charge in [-0.3, -0.25) is 24.5 Å². The summed E-state index contributed by atoms with van der Waals surface area (Å²) < 4.78 is 0. The van der Waals surface area contributed by atoms with Crippen LogP contribution in [-0.2, 0) is 10.2 Å². The van der Waals surface area contributed by atoms with Crippen LogP contribution in [0.1, 0.15) is 54.9 Å². The first kappa shape index (κ1) is 21.3. The van der Waals surface area contributed by atoms with Crippen molar-refractivity contribution in [3.63, 3.8) is 0 Å². The molecule has 0 spiro atoms. The van der Waals surface area contributed by atoms with E-state index in [0.29, 0.717) is 20.9 Å². The molecule has 1 unspecified atom stereocenters. The van der Waals surface area contributed by atoms with Crippen LogP contribution in [-0.4, -0.2) is 22.4 Å². The van der Waals surface area contributed by atoms with Crippen LogP contribution in [0.25, 0.3) is 0 Å². The van der Waals surface area contributed by atoms with E-state index in [2.05, 4.69) is 0 Å². The zero-order valence-corrected chi connectivity index (χ0v) is 17.5. The van der Waals surface area contributed by atoms with Gasteiger partial charge in [-0.2, -0.15) is 0 Å². The smallest absolute Gasteiger partial charge is 0.265 e. The summed E-state index contributed by atoms with van der Waals surface area (Å²) in [6.07, 6.45) is 3.83. The summed E-state index contributed by atoms with van der Waals surface area (Å²) in [7, 11) is 0. The Morgan fingerprint density at radius 1 is 1.17 bits per heavy atom. The van der Waals surface area contributed by atoms with Crippen molar-refractivity contribution in [2.24, 2.45) is 5.73 Å². The molecule has 1 aromatic carbocycles. The van der Waals surface area contributed by atoms with E-state index in [1.807, 2.05) is 19.1 Å². The molecular weight excluding hydrogens is 404 g/mol. The average Bonchev–Trinajstić information content (AvgIpc) is 3.05. The highest BCUT2D eigenvalue weighted by molar-refractivity contribution is 7.15. The number of nitrogens with zero attached hydrogens (tertiary/aromatic N) is 1. The summed E-state index contributed by atoms with van der Waals surface area (Å²) in [5.41, 5.74) is 6.34. The Bertz CT molecular complexity index is 1140. The van der Waals surface area contributed by atoms with Gasteiger partial charge >= 0.3 is 0 Å². The number of amides is 1. The second-order valence-electron chi connectivity index (χ2n) is 7.27. The van der Waals surface area contributed by atoms with E-state index in [1.54, 1.807) is 19.1 Å². The fourth-order valence-corrected chi connectivity index (χ4v) is 5.03. The Balaban J connectivity index is 2.18. The molecule has 1 atom stereocenters. The van der Waals surface area contributed by atoms with Crippen molar-refractivity contribution in [1.82, 2.24) is 0 Å². The molecule has 30 heavy (non-hydrogen) atoms. The molecule has 1 aliphatic carbocycles. The molecule has 3 rings (SSSR count). The monoisotopic (exact) mass is 424 g/mol. The summed E-state index contributed by atoms with van der Waals surface area (Å²) in [4.78, 5) is 49.3. The number of hydrogen-bond donors (Lipinski definition) is 1. The number of thiophene rings is 1. The van der Waals surface area contributed by atoms with Crippen molar-refractivity contribution >= 4 is 28.8 Å². The van der Waals surface area contributed by atoms with Gasteiger partial charge in [0.15, 0.2) is 5.78 Å². The van der Waals surface area contributed by atoms with Crippen molar-refractivity contribution in [2.45, 2.75) is 32.6 Å². The second kappa shape index (κ2) is 7.79. The molecule has 8 heteroatoms. The lowest BCUT2D eigenvalue weighted by Gasteiger charge is -2.27. The number of hydrogen-bond acceptors (Lipinski definition) is 6. The minimum absolute atomic E-state index is 0.0620. The molecule has 1 amide bonds. The number of nitrogens with two attached hydrogens (primary N) is 1. The number of primary amides is 1. The molecule has 0 fully saturated rings. The number of allylic oxidation sites excluding steroid dienone is 2. The fraction of sp³-hybridized carbons (Fsp3) is 0.227. The van der Waals surface area contributed by atoms with E-state index < -0.39 is 16.2 Å². The Morgan fingerprint density at radius 2 is 1.80 bits per heavy atom. The average molecular weight is 424 g/mol. The molecule has 2 aromatic rings. The molecule has 0 saturated heterocycles. The third-order valence-electron chi connectivity index (χ3n) is 5.25. The van der Waals surface area contributed by atoms with E-state index >= 15 is 0 Å². The number of carbonyl (C=O) groups is 3. The lowest BCUT2D eigenvalue weighted by molar-refractivity contribution is -0.419. The maximum Gasteiger partial charge on any atom is 0.265 e. The minimum Gasteiger partial charge on any atom is -0.369 e. The van der Waals surface area contributed by atoms with Crippen LogP contribution < -0.4 is 5.73 Å². The summed E-state index contributed by atoms with van der Waals surface area (Å²) in [6, 6.07) is 7.06. The van der Waals surface area contributed by atoms with Gasteiger partial charge in [0.05, 0.1) is 9.80 Å². The number of benzene rings is 1. The molecule has 2 N–H and O–H groups in total. The molecule has 1 aliphatic rings. The van der Waals surface area contributed by atoms with Gasteiger partial charge < -0.3 is 5.73 Å². The Hall–Kier alpha value is -3.39. The number of rotatable bonds is 6. The van der Waals surface area contributed by atoms with Crippen LogP contribution in [0.3, 0.4) is 0 Å². The number of aryl methyl sites for hydroxylation is 1. The third-order valence-corrected chi connectivity index (χ3v) is 6.71. The van der Waals surface area contributed by atoms with Crippen LogP contribution in [0.15, 0.2) is 48.2 Å². The van der Waals surface area contributed by atoms with Crippen LogP contribution in [0.4, 0.5) is 0 Å². The van der Waals surface area contributed by atoms with Gasteiger partial charge in [0.2, 0.25) is 11.7 Å². The first-order valence-electron chi connectivity index (χ1n) is 9.18. The van der Waals surface area contributed by atoms with Gasteiger partial charge in [-0.25, -0.2) is 0 Å². The van der Waals surface area contributed by atoms with Crippen LogP contribution in [0, 0.1) is 24.0 Å². The molecule has 0 saturated carbocycles. The van der Waals surface area contributed by atoms with Crippen molar-refractivity contribution in [3.05, 3.63) is 90.3 Å². The van der Waals surface area contributed by atoms with Crippen molar-refractivity contribution in [2.75, 3.05) is 0 Å². The molecule has 0 aliphatic heterocycles. The predicted octanol–water partition coefficient (Wildman–Crippen LogP) is 3.64. The first-order valence-corrected chi connectivity index (χ1v) is 10.00. The van der Waals surface area contributed by atoms with Gasteiger partial charge in [0.25, 0.3) is 5.70 Å². The molecular formula is C22H20N2O5S. The van der Waals surface area contributed by atoms with Gasteiger partial charge in [-0.05, 0) is 38.8 Å². The topological polar surface area (TPSA) is 120 Å². The van der Waals surface area contributed by atoms with Crippen molar-refractivity contribution < 1.29 is 19.3 Å². The zero-order chi connectivity index (χ0) is 22.2. The normalized spacial score (nSPS) is 18.0. The van der Waals surface area contributed by atoms with Gasteiger partial charge in [0, 0.05) is 22.1 Å². The maximum atomic E-state index is 13.1. The van der Waals surface area contributed by atoms with Gasteiger partial charge in [0.1, 0.15) is 5.41 Å². The highest BCUT2D eigenvalue weighted by Crippen LogP contribution is 2.43. The highest BCUT2D eigenvalue weighted by Gasteiger charge is 2.43. The molecule has 0 radical (unpaired) electrons. The number of nitro groups is 1. The van der Waals surface area contributed by atoms with Gasteiger partial charge in [-0.1, -0.05) is 35.9 Å². The SMILES string of the molecule is CC(=O)c1c(C2(C(N)=O)C=CC([N+](=O)[O-])=CC2)sc(C(=O)c2ccc(C)cc2)c1C. The number of carbonyl (C=O) groups excluding carboxylic acids is 3. The Labute approximate surface area is 177 Å². The first-order chi connectivity index (χ1) is 14.1. The number of Topliss-reactive ketones (excluding diaryl/α,β-unsaturated/α-hetero) is 1. The van der Waals surface area contributed by atoms with E-state index in [-0.39, 0.29) is 29.2 Å². The predicted molar refractivity (Wildman–Crippen MR) is 113 cm³/mol. The summed E-state index contributed by atoms with van der Waals surface area (Å²) in [5.74, 6) is -1.30. The maximum absolute atomic E-state index is 13.1. The van der Waals surface area contributed by atoms with Crippen molar-refractivity contribution in [1.29, 1.82) is 0 Å². The molecule has 0 bridgehead atoms. The standard InChI is InChI=1S/C22H20N2O5S/c1-12-4-6-15(7-5-12)18(26)19-13(2)17(14(3)25)20(30-19)22(21(23)27)10-8-16(9-11-22)24(28)29/h4-10H,11H2,1-3H3,(H2,23,27). The molecule has 7 nitrogen and oxygen atoms in total.